The van der Waals surface area contributed by atoms with E-state index in [-0.39, 0.29) is 17.7 Å². The van der Waals surface area contributed by atoms with Gasteiger partial charge in [-0.15, -0.1) is 0 Å². The summed E-state index contributed by atoms with van der Waals surface area (Å²) in [5, 5.41) is 2.91. The Bertz CT molecular complexity index is 516. The molecule has 0 bridgehead atoms. The number of nitrogens with two attached hydrogens (primary N) is 1. The van der Waals surface area contributed by atoms with E-state index < -0.39 is 0 Å². The maximum atomic E-state index is 12.1. The number of likely N-dealkylation sites (tertiary alicyclic amines) is 1. The summed E-state index contributed by atoms with van der Waals surface area (Å²) in [5.41, 5.74) is 7.37. The molecular weight excluding hydrogens is 266 g/mol. The number of carbonyl (C=O) groups excluding carboxylic acids is 2. The van der Waals surface area contributed by atoms with E-state index in [1.54, 1.807) is 0 Å². The van der Waals surface area contributed by atoms with Gasteiger partial charge in [0.1, 0.15) is 0 Å². The van der Waals surface area contributed by atoms with E-state index in [0.29, 0.717) is 13.1 Å². The van der Waals surface area contributed by atoms with Crippen LogP contribution in [0.1, 0.15) is 25.3 Å². The standard InChI is InChI=1S/C16H23N3O2/c1-2-12-5-3-7-14(9-12)18-15(20)11-19-8-4-6-13(10-19)16(17)21/h3,5,7,9,13H,2,4,6,8,10-11H2,1H3,(H2,17,21)(H,18,20). The predicted octanol–water partition coefficient (Wildman–Crippen LogP) is 1.38. The highest BCUT2D eigenvalue weighted by Gasteiger charge is 2.25. The number of hydrogen-bond acceptors (Lipinski definition) is 3. The Morgan fingerprint density at radius 2 is 2.24 bits per heavy atom. The van der Waals surface area contributed by atoms with Gasteiger partial charge in [-0.1, -0.05) is 19.1 Å². The van der Waals surface area contributed by atoms with Gasteiger partial charge in [-0.2, -0.15) is 0 Å². The van der Waals surface area contributed by atoms with Crippen LogP contribution in [0, 0.1) is 5.92 Å². The minimum absolute atomic E-state index is 0.0478. The minimum Gasteiger partial charge on any atom is -0.369 e. The van der Waals surface area contributed by atoms with Crippen molar-refractivity contribution in [2.45, 2.75) is 26.2 Å². The Labute approximate surface area is 125 Å². The molecule has 2 amide bonds. The van der Waals surface area contributed by atoms with Gasteiger partial charge in [-0.3, -0.25) is 14.5 Å². The van der Waals surface area contributed by atoms with Crippen LogP contribution in [0.5, 0.6) is 0 Å². The van der Waals surface area contributed by atoms with Crippen LogP contribution in [0.25, 0.3) is 0 Å². The number of amides is 2. The molecule has 0 aromatic heterocycles. The third-order valence-corrected chi connectivity index (χ3v) is 3.89. The first-order valence-electron chi connectivity index (χ1n) is 7.49. The molecule has 2 rings (SSSR count). The number of primary amides is 1. The number of hydrogen-bond donors (Lipinski definition) is 2. The molecule has 1 unspecified atom stereocenters. The van der Waals surface area contributed by atoms with E-state index in [1.807, 2.05) is 29.2 Å². The second kappa shape index (κ2) is 7.22. The molecule has 21 heavy (non-hydrogen) atoms. The fourth-order valence-corrected chi connectivity index (χ4v) is 2.70. The van der Waals surface area contributed by atoms with Crippen LogP contribution in [-0.2, 0) is 16.0 Å². The highest BCUT2D eigenvalue weighted by Crippen LogP contribution is 2.16. The van der Waals surface area contributed by atoms with Gasteiger partial charge in [0.25, 0.3) is 0 Å². The lowest BCUT2D eigenvalue weighted by atomic mass is 9.97. The molecule has 1 saturated heterocycles. The fraction of sp³-hybridized carbons (Fsp3) is 0.500. The molecule has 5 nitrogen and oxygen atoms in total. The van der Waals surface area contributed by atoms with E-state index in [9.17, 15) is 9.59 Å². The Balaban J connectivity index is 1.87. The van der Waals surface area contributed by atoms with Crippen molar-refractivity contribution in [3.63, 3.8) is 0 Å². The molecule has 1 aromatic rings. The third-order valence-electron chi connectivity index (χ3n) is 3.89. The average Bonchev–Trinajstić information content (AvgIpc) is 2.47. The minimum atomic E-state index is -0.268. The predicted molar refractivity (Wildman–Crippen MR) is 82.8 cm³/mol. The highest BCUT2D eigenvalue weighted by molar-refractivity contribution is 5.92. The number of carbonyl (C=O) groups is 2. The fourth-order valence-electron chi connectivity index (χ4n) is 2.70. The van der Waals surface area contributed by atoms with Crippen LogP contribution >= 0.6 is 0 Å². The molecule has 0 saturated carbocycles. The van der Waals surface area contributed by atoms with Crippen LogP contribution < -0.4 is 11.1 Å². The van der Waals surface area contributed by atoms with Crippen molar-refractivity contribution < 1.29 is 9.59 Å². The van der Waals surface area contributed by atoms with E-state index in [0.717, 1.165) is 31.5 Å². The molecule has 1 fully saturated rings. The maximum Gasteiger partial charge on any atom is 0.238 e. The average molecular weight is 289 g/mol. The Kier molecular flexibility index (Phi) is 5.33. The zero-order valence-electron chi connectivity index (χ0n) is 12.5. The third kappa shape index (κ3) is 4.56. The van der Waals surface area contributed by atoms with Gasteiger partial charge in [0.15, 0.2) is 0 Å². The quantitative estimate of drug-likeness (QED) is 0.860. The number of anilines is 1. The van der Waals surface area contributed by atoms with Gasteiger partial charge < -0.3 is 11.1 Å². The van der Waals surface area contributed by atoms with Crippen LogP contribution in [0.4, 0.5) is 5.69 Å². The molecule has 1 aromatic carbocycles. The van der Waals surface area contributed by atoms with Crippen molar-refractivity contribution in [2.75, 3.05) is 25.0 Å². The van der Waals surface area contributed by atoms with Crippen LogP contribution in [0.3, 0.4) is 0 Å². The van der Waals surface area contributed by atoms with Crippen molar-refractivity contribution in [1.29, 1.82) is 0 Å². The van der Waals surface area contributed by atoms with Crippen molar-refractivity contribution in [3.8, 4) is 0 Å². The van der Waals surface area contributed by atoms with Crippen LogP contribution in [0.2, 0.25) is 0 Å². The Morgan fingerprint density at radius 3 is 2.95 bits per heavy atom. The summed E-state index contributed by atoms with van der Waals surface area (Å²) in [4.78, 5) is 25.3. The number of rotatable bonds is 5. The molecule has 1 heterocycles. The molecule has 5 heteroatoms. The summed E-state index contributed by atoms with van der Waals surface area (Å²) in [7, 11) is 0. The molecule has 0 spiro atoms. The first-order chi connectivity index (χ1) is 10.1. The second-order valence-electron chi connectivity index (χ2n) is 5.58. The van der Waals surface area contributed by atoms with E-state index in [4.69, 9.17) is 5.73 Å². The van der Waals surface area contributed by atoms with Crippen molar-refractivity contribution >= 4 is 17.5 Å². The SMILES string of the molecule is CCc1cccc(NC(=O)CN2CCCC(C(N)=O)C2)c1. The summed E-state index contributed by atoms with van der Waals surface area (Å²) in [6, 6.07) is 7.86. The highest BCUT2D eigenvalue weighted by atomic mass is 16.2. The van der Waals surface area contributed by atoms with Gasteiger partial charge in [-0.25, -0.2) is 0 Å². The molecule has 0 radical (unpaired) electrons. The first-order valence-corrected chi connectivity index (χ1v) is 7.49. The van der Waals surface area contributed by atoms with Gasteiger partial charge in [0, 0.05) is 12.2 Å². The molecular formula is C16H23N3O2. The summed E-state index contributed by atoms with van der Waals surface area (Å²) < 4.78 is 0. The molecule has 3 N–H and O–H groups in total. The Morgan fingerprint density at radius 1 is 1.43 bits per heavy atom. The topological polar surface area (TPSA) is 75.4 Å². The zero-order valence-corrected chi connectivity index (χ0v) is 12.5. The monoisotopic (exact) mass is 289 g/mol. The maximum absolute atomic E-state index is 12.1. The van der Waals surface area contributed by atoms with E-state index >= 15 is 0 Å². The van der Waals surface area contributed by atoms with Crippen LogP contribution in [-0.4, -0.2) is 36.3 Å². The number of aryl methyl sites for hydroxylation is 1. The van der Waals surface area contributed by atoms with Crippen molar-refractivity contribution in [1.82, 2.24) is 4.90 Å². The normalized spacial score (nSPS) is 19.2. The second-order valence-corrected chi connectivity index (χ2v) is 5.58. The lowest BCUT2D eigenvalue weighted by molar-refractivity contribution is -0.125. The largest absolute Gasteiger partial charge is 0.369 e. The van der Waals surface area contributed by atoms with Gasteiger partial charge in [0.05, 0.1) is 12.5 Å². The van der Waals surface area contributed by atoms with E-state index in [2.05, 4.69) is 12.2 Å². The molecule has 114 valence electrons. The number of nitrogens with one attached hydrogen (secondary N) is 1. The lowest BCUT2D eigenvalue weighted by Crippen LogP contribution is -2.44. The molecule has 1 aliphatic rings. The summed E-state index contributed by atoms with van der Waals surface area (Å²) >= 11 is 0. The van der Waals surface area contributed by atoms with Gasteiger partial charge in [0.2, 0.25) is 11.8 Å². The smallest absolute Gasteiger partial charge is 0.238 e. The zero-order chi connectivity index (χ0) is 15.2. The summed E-state index contributed by atoms with van der Waals surface area (Å²) in [6.07, 6.45) is 2.67. The van der Waals surface area contributed by atoms with E-state index in [1.165, 1.54) is 5.56 Å². The van der Waals surface area contributed by atoms with Gasteiger partial charge >= 0.3 is 0 Å². The molecule has 1 aliphatic heterocycles. The number of piperidine rings is 1. The number of benzene rings is 1. The Hall–Kier alpha value is -1.88. The molecule has 1 atom stereocenters. The van der Waals surface area contributed by atoms with Crippen LogP contribution in [0.15, 0.2) is 24.3 Å². The summed E-state index contributed by atoms with van der Waals surface area (Å²) in [5.74, 6) is -0.445. The van der Waals surface area contributed by atoms with Gasteiger partial charge in [-0.05, 0) is 43.5 Å². The lowest BCUT2D eigenvalue weighted by Gasteiger charge is -2.30. The summed E-state index contributed by atoms with van der Waals surface area (Å²) in [6.45, 7) is 3.81. The van der Waals surface area contributed by atoms with Crippen molar-refractivity contribution in [3.05, 3.63) is 29.8 Å². The molecule has 0 aliphatic carbocycles. The van der Waals surface area contributed by atoms with Crippen molar-refractivity contribution in [2.24, 2.45) is 11.7 Å². The first kappa shape index (κ1) is 15.5. The number of nitrogens with zero attached hydrogens (tertiary/aromatic N) is 1.